The molecule has 0 aliphatic carbocycles. The van der Waals surface area contributed by atoms with Crippen molar-refractivity contribution in [3.63, 3.8) is 0 Å². The van der Waals surface area contributed by atoms with Gasteiger partial charge in [-0.1, -0.05) is 6.92 Å². The zero-order valence-electron chi connectivity index (χ0n) is 7.37. The van der Waals surface area contributed by atoms with Crippen LogP contribution in [0.1, 0.15) is 35.9 Å². The van der Waals surface area contributed by atoms with Crippen LogP contribution in [0.4, 0.5) is 0 Å². The van der Waals surface area contributed by atoms with E-state index in [2.05, 4.69) is 9.97 Å². The van der Waals surface area contributed by atoms with E-state index in [0.717, 1.165) is 12.1 Å². The lowest BCUT2D eigenvalue weighted by Gasteiger charge is -1.97. The van der Waals surface area contributed by atoms with Crippen molar-refractivity contribution >= 4 is 5.78 Å². The van der Waals surface area contributed by atoms with Gasteiger partial charge in [0.25, 0.3) is 0 Å². The summed E-state index contributed by atoms with van der Waals surface area (Å²) in [6.45, 7) is 3.80. The third-order valence-corrected chi connectivity index (χ3v) is 1.52. The van der Waals surface area contributed by atoms with E-state index in [1.807, 2.05) is 13.8 Å². The Morgan fingerprint density at radius 2 is 2.25 bits per heavy atom. The van der Waals surface area contributed by atoms with E-state index >= 15 is 0 Å². The summed E-state index contributed by atoms with van der Waals surface area (Å²) in [7, 11) is 0. The van der Waals surface area contributed by atoms with Crippen LogP contribution in [0.3, 0.4) is 0 Å². The first kappa shape index (κ1) is 8.84. The minimum atomic E-state index is 0.0775. The highest BCUT2D eigenvalue weighted by Gasteiger charge is 2.05. The molecule has 0 amide bonds. The second-order valence-corrected chi connectivity index (χ2v) is 2.72. The van der Waals surface area contributed by atoms with Crippen LogP contribution in [0.25, 0.3) is 0 Å². The molecule has 0 bridgehead atoms. The van der Waals surface area contributed by atoms with Crippen LogP contribution < -0.4 is 0 Å². The van der Waals surface area contributed by atoms with Crippen LogP contribution in [0.5, 0.6) is 0 Å². The third kappa shape index (κ3) is 2.12. The lowest BCUT2D eigenvalue weighted by molar-refractivity contribution is 0.0976. The molecule has 0 atom stereocenters. The molecule has 0 aromatic carbocycles. The number of carbonyl (C=O) groups is 1. The number of aromatic nitrogens is 2. The molecule has 0 aliphatic rings. The lowest BCUT2D eigenvalue weighted by atomic mass is 10.2. The summed E-state index contributed by atoms with van der Waals surface area (Å²) < 4.78 is 0. The van der Waals surface area contributed by atoms with E-state index in [0.29, 0.717) is 12.1 Å². The van der Waals surface area contributed by atoms with Crippen molar-refractivity contribution in [1.29, 1.82) is 0 Å². The predicted molar refractivity (Wildman–Crippen MR) is 46.0 cm³/mol. The summed E-state index contributed by atoms with van der Waals surface area (Å²) in [6, 6.07) is 0. The smallest absolute Gasteiger partial charge is 0.182 e. The molecule has 1 aromatic rings. The van der Waals surface area contributed by atoms with E-state index in [4.69, 9.17) is 0 Å². The van der Waals surface area contributed by atoms with Crippen molar-refractivity contribution < 1.29 is 4.79 Å². The average molecular weight is 164 g/mol. The molecule has 0 radical (unpaired) electrons. The molecular formula is C9H12N2O. The fourth-order valence-corrected chi connectivity index (χ4v) is 0.953. The SMILES string of the molecule is CCCC(=O)c1cncc(C)n1. The summed E-state index contributed by atoms with van der Waals surface area (Å²) in [4.78, 5) is 19.3. The maximum Gasteiger partial charge on any atom is 0.182 e. The zero-order chi connectivity index (χ0) is 8.97. The highest BCUT2D eigenvalue weighted by molar-refractivity contribution is 5.93. The van der Waals surface area contributed by atoms with Crippen LogP contribution in [0.2, 0.25) is 0 Å². The molecule has 0 saturated heterocycles. The van der Waals surface area contributed by atoms with Crippen molar-refractivity contribution in [1.82, 2.24) is 9.97 Å². The molecule has 3 nitrogen and oxygen atoms in total. The van der Waals surface area contributed by atoms with Gasteiger partial charge in [-0.05, 0) is 13.3 Å². The van der Waals surface area contributed by atoms with Gasteiger partial charge in [-0.15, -0.1) is 0 Å². The monoisotopic (exact) mass is 164 g/mol. The van der Waals surface area contributed by atoms with E-state index in [9.17, 15) is 4.79 Å². The van der Waals surface area contributed by atoms with Gasteiger partial charge in [0.15, 0.2) is 5.78 Å². The van der Waals surface area contributed by atoms with Gasteiger partial charge in [0.1, 0.15) is 5.69 Å². The van der Waals surface area contributed by atoms with Gasteiger partial charge in [0.05, 0.1) is 11.9 Å². The molecule has 12 heavy (non-hydrogen) atoms. The number of aryl methyl sites for hydroxylation is 1. The molecule has 1 rings (SSSR count). The largest absolute Gasteiger partial charge is 0.292 e. The Labute approximate surface area is 71.9 Å². The summed E-state index contributed by atoms with van der Waals surface area (Å²) in [5, 5.41) is 0. The van der Waals surface area contributed by atoms with Crippen molar-refractivity contribution in [2.75, 3.05) is 0 Å². The molecular weight excluding hydrogens is 152 g/mol. The first-order valence-electron chi connectivity index (χ1n) is 4.06. The number of carbonyl (C=O) groups excluding carboxylic acids is 1. The van der Waals surface area contributed by atoms with Gasteiger partial charge in [-0.3, -0.25) is 9.78 Å². The topological polar surface area (TPSA) is 42.9 Å². The van der Waals surface area contributed by atoms with Gasteiger partial charge < -0.3 is 0 Å². The molecule has 64 valence electrons. The second-order valence-electron chi connectivity index (χ2n) is 2.72. The van der Waals surface area contributed by atoms with Crippen molar-refractivity contribution in [3.05, 3.63) is 23.8 Å². The first-order chi connectivity index (χ1) is 5.74. The number of rotatable bonds is 3. The lowest BCUT2D eigenvalue weighted by Crippen LogP contribution is -2.03. The normalized spacial score (nSPS) is 9.83. The van der Waals surface area contributed by atoms with Crippen LogP contribution in [0, 0.1) is 6.92 Å². The van der Waals surface area contributed by atoms with E-state index in [1.165, 1.54) is 6.20 Å². The fourth-order valence-electron chi connectivity index (χ4n) is 0.953. The molecule has 0 N–H and O–H groups in total. The summed E-state index contributed by atoms with van der Waals surface area (Å²) in [5.41, 5.74) is 1.27. The highest BCUT2D eigenvalue weighted by atomic mass is 16.1. The quantitative estimate of drug-likeness (QED) is 0.639. The highest BCUT2D eigenvalue weighted by Crippen LogP contribution is 2.01. The third-order valence-electron chi connectivity index (χ3n) is 1.52. The molecule has 0 saturated carbocycles. The standard InChI is InChI=1S/C9H12N2O/c1-3-4-9(12)8-6-10-5-7(2)11-8/h5-6H,3-4H2,1-2H3. The van der Waals surface area contributed by atoms with E-state index in [-0.39, 0.29) is 5.78 Å². The molecule has 3 heteroatoms. The van der Waals surface area contributed by atoms with Crippen LogP contribution >= 0.6 is 0 Å². The van der Waals surface area contributed by atoms with Crippen molar-refractivity contribution in [2.24, 2.45) is 0 Å². The number of Topliss-reactive ketones (excluding diaryl/α,β-unsaturated/α-hetero) is 1. The average Bonchev–Trinajstić information content (AvgIpc) is 2.05. The van der Waals surface area contributed by atoms with Gasteiger partial charge >= 0.3 is 0 Å². The summed E-state index contributed by atoms with van der Waals surface area (Å²) in [6.07, 6.45) is 4.57. The number of ketones is 1. The Morgan fingerprint density at radius 3 is 2.83 bits per heavy atom. The molecule has 1 heterocycles. The number of nitrogens with zero attached hydrogens (tertiary/aromatic N) is 2. The van der Waals surface area contributed by atoms with Gasteiger partial charge in [0.2, 0.25) is 0 Å². The van der Waals surface area contributed by atoms with Gasteiger partial charge in [-0.25, -0.2) is 4.98 Å². The minimum Gasteiger partial charge on any atom is -0.292 e. The van der Waals surface area contributed by atoms with Crippen molar-refractivity contribution in [2.45, 2.75) is 26.7 Å². The Bertz CT molecular complexity index is 284. The Hall–Kier alpha value is -1.25. The fraction of sp³-hybridized carbons (Fsp3) is 0.444. The summed E-state index contributed by atoms with van der Waals surface area (Å²) in [5.74, 6) is 0.0775. The predicted octanol–water partition coefficient (Wildman–Crippen LogP) is 1.77. The summed E-state index contributed by atoms with van der Waals surface area (Å²) >= 11 is 0. The second kappa shape index (κ2) is 3.95. The number of hydrogen-bond acceptors (Lipinski definition) is 3. The Kier molecular flexibility index (Phi) is 2.91. The Morgan fingerprint density at radius 1 is 1.50 bits per heavy atom. The molecule has 0 spiro atoms. The van der Waals surface area contributed by atoms with Crippen LogP contribution in [0.15, 0.2) is 12.4 Å². The zero-order valence-corrected chi connectivity index (χ0v) is 7.37. The van der Waals surface area contributed by atoms with Gasteiger partial charge in [0, 0.05) is 12.6 Å². The van der Waals surface area contributed by atoms with Gasteiger partial charge in [-0.2, -0.15) is 0 Å². The Balaban J connectivity index is 2.81. The van der Waals surface area contributed by atoms with E-state index < -0.39 is 0 Å². The number of hydrogen-bond donors (Lipinski definition) is 0. The maximum absolute atomic E-state index is 11.3. The van der Waals surface area contributed by atoms with E-state index in [1.54, 1.807) is 6.20 Å². The minimum absolute atomic E-state index is 0.0775. The molecule has 1 aromatic heterocycles. The molecule has 0 fully saturated rings. The van der Waals surface area contributed by atoms with Crippen molar-refractivity contribution in [3.8, 4) is 0 Å². The maximum atomic E-state index is 11.3. The van der Waals surface area contributed by atoms with Crippen LogP contribution in [-0.2, 0) is 0 Å². The molecule has 0 unspecified atom stereocenters. The molecule has 0 aliphatic heterocycles. The van der Waals surface area contributed by atoms with Crippen LogP contribution in [-0.4, -0.2) is 15.8 Å². The first-order valence-corrected chi connectivity index (χ1v) is 4.06.